The van der Waals surface area contributed by atoms with Gasteiger partial charge in [-0.25, -0.2) is 0 Å². The quantitative estimate of drug-likeness (QED) is 0.825. The zero-order chi connectivity index (χ0) is 10.7. The van der Waals surface area contributed by atoms with Crippen LogP contribution in [-0.2, 0) is 6.42 Å². The van der Waals surface area contributed by atoms with E-state index in [0.29, 0.717) is 0 Å². The predicted octanol–water partition coefficient (Wildman–Crippen LogP) is 2.00. The fourth-order valence-electron chi connectivity index (χ4n) is 2.20. The lowest BCUT2D eigenvalue weighted by molar-refractivity contribution is 0.177. The van der Waals surface area contributed by atoms with Gasteiger partial charge in [0.15, 0.2) is 0 Å². The number of rotatable bonds is 3. The smallest absolute Gasteiger partial charge is 0.0616 e. The number of nitrogens with one attached hydrogen (secondary N) is 1. The Morgan fingerprint density at radius 2 is 2.07 bits per heavy atom. The molecule has 1 atom stereocenters. The van der Waals surface area contributed by atoms with Crippen molar-refractivity contribution in [2.24, 2.45) is 0 Å². The van der Waals surface area contributed by atoms with E-state index in [1.807, 2.05) is 24.3 Å². The monoisotopic (exact) mass is 225 g/mol. The molecule has 1 aromatic rings. The molecule has 0 spiro atoms. The van der Waals surface area contributed by atoms with Crippen molar-refractivity contribution in [1.82, 2.24) is 5.32 Å². The van der Waals surface area contributed by atoms with Gasteiger partial charge in [0.25, 0.3) is 0 Å². The second-order valence-electron chi connectivity index (χ2n) is 4.27. The molecule has 2 nitrogen and oxygen atoms in total. The van der Waals surface area contributed by atoms with E-state index in [1.54, 1.807) is 0 Å². The van der Waals surface area contributed by atoms with E-state index in [-0.39, 0.29) is 12.1 Å². The van der Waals surface area contributed by atoms with E-state index in [0.717, 1.165) is 30.8 Å². The van der Waals surface area contributed by atoms with Crippen molar-refractivity contribution in [2.45, 2.75) is 24.8 Å². The molecular formula is C12H16ClNO. The van der Waals surface area contributed by atoms with Gasteiger partial charge < -0.3 is 10.4 Å². The van der Waals surface area contributed by atoms with E-state index in [1.165, 1.54) is 5.56 Å². The van der Waals surface area contributed by atoms with Crippen LogP contribution in [0.25, 0.3) is 0 Å². The third kappa shape index (κ3) is 2.51. The van der Waals surface area contributed by atoms with Crippen LogP contribution in [0.2, 0.25) is 5.02 Å². The van der Waals surface area contributed by atoms with E-state index >= 15 is 0 Å². The maximum atomic E-state index is 9.44. The molecule has 1 unspecified atom stereocenters. The summed E-state index contributed by atoms with van der Waals surface area (Å²) in [5.41, 5.74) is 1.12. The van der Waals surface area contributed by atoms with Gasteiger partial charge in [0.2, 0.25) is 0 Å². The highest BCUT2D eigenvalue weighted by atomic mass is 35.5. The van der Waals surface area contributed by atoms with Crippen molar-refractivity contribution in [3.05, 3.63) is 34.9 Å². The van der Waals surface area contributed by atoms with Crippen LogP contribution in [0, 0.1) is 0 Å². The first-order valence-corrected chi connectivity index (χ1v) is 5.72. The summed E-state index contributed by atoms with van der Waals surface area (Å²) in [7, 11) is 0. The molecule has 0 aliphatic carbocycles. The zero-order valence-corrected chi connectivity index (χ0v) is 9.43. The highest BCUT2D eigenvalue weighted by Crippen LogP contribution is 2.24. The third-order valence-corrected chi connectivity index (χ3v) is 3.34. The first-order chi connectivity index (χ1) is 7.24. The Morgan fingerprint density at radius 3 is 2.60 bits per heavy atom. The van der Waals surface area contributed by atoms with Gasteiger partial charge >= 0.3 is 0 Å². The molecule has 2 rings (SSSR count). The van der Waals surface area contributed by atoms with Crippen molar-refractivity contribution in [3.8, 4) is 0 Å². The highest BCUT2D eigenvalue weighted by molar-refractivity contribution is 6.30. The summed E-state index contributed by atoms with van der Waals surface area (Å²) in [5.74, 6) is 0. The first-order valence-electron chi connectivity index (χ1n) is 5.34. The number of aliphatic hydroxyl groups is 1. The minimum absolute atomic E-state index is 0.103. The lowest BCUT2D eigenvalue weighted by Gasteiger charge is -2.27. The van der Waals surface area contributed by atoms with Crippen LogP contribution >= 0.6 is 11.6 Å². The Morgan fingerprint density at radius 1 is 1.33 bits per heavy atom. The molecule has 0 amide bonds. The molecule has 1 aliphatic rings. The van der Waals surface area contributed by atoms with Crippen molar-refractivity contribution in [3.63, 3.8) is 0 Å². The molecule has 2 N–H and O–H groups in total. The molecule has 1 aromatic carbocycles. The Balaban J connectivity index is 2.09. The van der Waals surface area contributed by atoms with Crippen molar-refractivity contribution in [2.75, 3.05) is 13.2 Å². The Hall–Kier alpha value is -0.570. The van der Waals surface area contributed by atoms with Crippen molar-refractivity contribution >= 4 is 11.6 Å². The summed E-state index contributed by atoms with van der Waals surface area (Å²) in [6.45, 7) is 1.21. The van der Waals surface area contributed by atoms with Gasteiger partial charge in [-0.3, -0.25) is 0 Å². The standard InChI is InChI=1S/C12H16ClNO/c13-11-4-2-10(3-5-11)8-12(9-15)6-1-7-14-12/h2-5,14-15H,1,6-9H2. The van der Waals surface area contributed by atoms with Crippen LogP contribution in [0.5, 0.6) is 0 Å². The van der Waals surface area contributed by atoms with Crippen molar-refractivity contribution < 1.29 is 5.11 Å². The molecule has 1 aliphatic heterocycles. The second-order valence-corrected chi connectivity index (χ2v) is 4.71. The van der Waals surface area contributed by atoms with Crippen LogP contribution in [0.3, 0.4) is 0 Å². The maximum absolute atomic E-state index is 9.44. The van der Waals surface area contributed by atoms with Gasteiger partial charge in [-0.1, -0.05) is 23.7 Å². The van der Waals surface area contributed by atoms with Crippen molar-refractivity contribution in [1.29, 1.82) is 0 Å². The Labute approximate surface area is 95.3 Å². The lowest BCUT2D eigenvalue weighted by Crippen LogP contribution is -2.45. The average molecular weight is 226 g/mol. The van der Waals surface area contributed by atoms with E-state index in [4.69, 9.17) is 11.6 Å². The summed E-state index contributed by atoms with van der Waals surface area (Å²) < 4.78 is 0. The number of halogens is 1. The van der Waals surface area contributed by atoms with Gasteiger partial charge in [-0.15, -0.1) is 0 Å². The SMILES string of the molecule is OCC1(Cc2ccc(Cl)cc2)CCCN1. The normalized spacial score (nSPS) is 25.7. The lowest BCUT2D eigenvalue weighted by atomic mass is 9.90. The zero-order valence-electron chi connectivity index (χ0n) is 8.67. The maximum Gasteiger partial charge on any atom is 0.0616 e. The summed E-state index contributed by atoms with van der Waals surface area (Å²) >= 11 is 5.83. The molecule has 1 fully saturated rings. The first kappa shape index (κ1) is 10.9. The summed E-state index contributed by atoms with van der Waals surface area (Å²) in [6, 6.07) is 7.85. The largest absolute Gasteiger partial charge is 0.394 e. The summed E-state index contributed by atoms with van der Waals surface area (Å²) in [6.07, 6.45) is 3.07. The van der Waals surface area contributed by atoms with Gasteiger partial charge in [-0.05, 0) is 43.5 Å². The number of hydrogen-bond donors (Lipinski definition) is 2. The number of aliphatic hydroxyl groups excluding tert-OH is 1. The van der Waals surface area contributed by atoms with Crippen LogP contribution < -0.4 is 5.32 Å². The molecule has 1 heterocycles. The number of hydrogen-bond acceptors (Lipinski definition) is 2. The van der Waals surface area contributed by atoms with Gasteiger partial charge in [-0.2, -0.15) is 0 Å². The molecule has 15 heavy (non-hydrogen) atoms. The van der Waals surface area contributed by atoms with E-state index in [2.05, 4.69) is 5.32 Å². The van der Waals surface area contributed by atoms with Crippen LogP contribution in [0.15, 0.2) is 24.3 Å². The molecular weight excluding hydrogens is 210 g/mol. The van der Waals surface area contributed by atoms with Crippen LogP contribution in [0.4, 0.5) is 0 Å². The van der Waals surface area contributed by atoms with Crippen LogP contribution in [0.1, 0.15) is 18.4 Å². The minimum atomic E-state index is -0.103. The fraction of sp³-hybridized carbons (Fsp3) is 0.500. The molecule has 0 radical (unpaired) electrons. The van der Waals surface area contributed by atoms with Crippen LogP contribution in [-0.4, -0.2) is 23.8 Å². The highest BCUT2D eigenvalue weighted by Gasteiger charge is 2.32. The third-order valence-electron chi connectivity index (χ3n) is 3.09. The molecule has 82 valence electrons. The summed E-state index contributed by atoms with van der Waals surface area (Å²) in [4.78, 5) is 0. The molecule has 1 saturated heterocycles. The van der Waals surface area contributed by atoms with Gasteiger partial charge in [0.05, 0.1) is 6.61 Å². The minimum Gasteiger partial charge on any atom is -0.394 e. The molecule has 3 heteroatoms. The second kappa shape index (κ2) is 4.52. The van der Waals surface area contributed by atoms with E-state index < -0.39 is 0 Å². The Kier molecular flexibility index (Phi) is 3.29. The Bertz CT molecular complexity index is 317. The van der Waals surface area contributed by atoms with Gasteiger partial charge in [0, 0.05) is 10.6 Å². The molecule has 0 aromatic heterocycles. The average Bonchev–Trinajstić information content (AvgIpc) is 2.71. The number of benzene rings is 1. The van der Waals surface area contributed by atoms with E-state index in [9.17, 15) is 5.11 Å². The summed E-state index contributed by atoms with van der Waals surface area (Å²) in [5, 5.41) is 13.6. The fourth-order valence-corrected chi connectivity index (χ4v) is 2.33. The predicted molar refractivity (Wildman–Crippen MR) is 62.2 cm³/mol. The molecule has 0 bridgehead atoms. The van der Waals surface area contributed by atoms with Gasteiger partial charge in [0.1, 0.15) is 0 Å². The topological polar surface area (TPSA) is 32.3 Å². The molecule has 0 saturated carbocycles.